The molecule has 0 heterocycles. The van der Waals surface area contributed by atoms with Crippen LogP contribution in [0.5, 0.6) is 0 Å². The summed E-state index contributed by atoms with van der Waals surface area (Å²) >= 11 is 0. The summed E-state index contributed by atoms with van der Waals surface area (Å²) in [5.74, 6) is 0. The Bertz CT molecular complexity index is 203. The summed E-state index contributed by atoms with van der Waals surface area (Å²) < 4.78 is 5.22. The molecule has 0 aliphatic carbocycles. The Kier molecular flexibility index (Phi) is 7.88. The van der Waals surface area contributed by atoms with Gasteiger partial charge in [-0.15, -0.1) is 0 Å². The molecule has 0 bridgehead atoms. The van der Waals surface area contributed by atoms with Crippen LogP contribution in [0, 0.1) is 10.8 Å². The second-order valence-corrected chi connectivity index (χ2v) is 4.82. The van der Waals surface area contributed by atoms with Crippen molar-refractivity contribution in [3.8, 4) is 0 Å². The zero-order valence-corrected chi connectivity index (χ0v) is 10.6. The van der Waals surface area contributed by atoms with Crippen LogP contribution in [0.1, 0.15) is 6.92 Å². The average Bonchev–Trinajstić information content (AvgIpc) is 2.40. The number of aliphatic hydroxyl groups is 6. The van der Waals surface area contributed by atoms with Gasteiger partial charge < -0.3 is 35.4 Å². The molecule has 0 radical (unpaired) electrons. The second kappa shape index (κ2) is 8.00. The highest BCUT2D eigenvalue weighted by molar-refractivity contribution is 4.84. The van der Waals surface area contributed by atoms with Gasteiger partial charge in [0.25, 0.3) is 0 Å². The van der Waals surface area contributed by atoms with Gasteiger partial charge in [-0.05, 0) is 6.92 Å². The van der Waals surface area contributed by atoms with E-state index in [-0.39, 0.29) is 13.2 Å². The monoisotopic (exact) mass is 268 g/mol. The van der Waals surface area contributed by atoms with E-state index in [1.165, 1.54) is 6.92 Å². The Morgan fingerprint density at radius 1 is 0.833 bits per heavy atom. The third kappa shape index (κ3) is 4.13. The Morgan fingerprint density at radius 3 is 1.56 bits per heavy atom. The maximum atomic E-state index is 9.52. The molecule has 18 heavy (non-hydrogen) atoms. The van der Waals surface area contributed by atoms with Gasteiger partial charge in [0.15, 0.2) is 0 Å². The summed E-state index contributed by atoms with van der Waals surface area (Å²) in [5, 5.41) is 55.2. The summed E-state index contributed by atoms with van der Waals surface area (Å²) in [5.41, 5.74) is -2.37. The molecule has 0 aliphatic rings. The molecule has 0 aromatic carbocycles. The molecule has 0 saturated carbocycles. The molecule has 0 spiro atoms. The first kappa shape index (κ1) is 17.7. The molecule has 0 aliphatic heterocycles. The maximum Gasteiger partial charge on any atom is 0.0655 e. The molecule has 7 heteroatoms. The van der Waals surface area contributed by atoms with Crippen LogP contribution in [0.15, 0.2) is 0 Å². The zero-order chi connectivity index (χ0) is 14.2. The molecule has 0 rings (SSSR count). The first-order chi connectivity index (χ1) is 8.45. The highest BCUT2D eigenvalue weighted by Crippen LogP contribution is 2.23. The van der Waals surface area contributed by atoms with E-state index in [1.807, 2.05) is 0 Å². The van der Waals surface area contributed by atoms with Gasteiger partial charge in [0.2, 0.25) is 0 Å². The van der Waals surface area contributed by atoms with Crippen LogP contribution < -0.4 is 0 Å². The summed E-state index contributed by atoms with van der Waals surface area (Å²) in [6, 6.07) is 0. The van der Waals surface area contributed by atoms with E-state index < -0.39 is 50.0 Å². The number of aliphatic hydroxyl groups excluding tert-OH is 6. The van der Waals surface area contributed by atoms with Crippen molar-refractivity contribution in [3.63, 3.8) is 0 Å². The predicted octanol–water partition coefficient (Wildman–Crippen LogP) is -2.68. The quantitative estimate of drug-likeness (QED) is 0.254. The lowest BCUT2D eigenvalue weighted by Gasteiger charge is -2.34. The van der Waals surface area contributed by atoms with Crippen LogP contribution in [-0.2, 0) is 4.74 Å². The fourth-order valence-corrected chi connectivity index (χ4v) is 1.28. The van der Waals surface area contributed by atoms with Gasteiger partial charge >= 0.3 is 0 Å². The fourth-order valence-electron chi connectivity index (χ4n) is 1.28. The molecule has 0 amide bonds. The lowest BCUT2D eigenvalue weighted by Crippen LogP contribution is -2.46. The molecule has 6 N–H and O–H groups in total. The van der Waals surface area contributed by atoms with Crippen molar-refractivity contribution in [1.82, 2.24) is 0 Å². The van der Waals surface area contributed by atoms with Gasteiger partial charge in [0.05, 0.1) is 63.2 Å². The van der Waals surface area contributed by atoms with Crippen molar-refractivity contribution in [2.75, 3.05) is 46.2 Å². The number of hydrogen-bond acceptors (Lipinski definition) is 7. The van der Waals surface area contributed by atoms with E-state index in [4.69, 9.17) is 20.1 Å². The van der Waals surface area contributed by atoms with E-state index in [0.29, 0.717) is 0 Å². The first-order valence-corrected chi connectivity index (χ1v) is 5.76. The van der Waals surface area contributed by atoms with Gasteiger partial charge in [-0.25, -0.2) is 0 Å². The molecule has 7 nitrogen and oxygen atoms in total. The SMILES string of the molecule is CC(O)C(CO)(CO)COCC(CO)(CO)CO. The summed E-state index contributed by atoms with van der Waals surface area (Å²) in [6.07, 6.45) is -0.987. The van der Waals surface area contributed by atoms with Crippen molar-refractivity contribution in [3.05, 3.63) is 0 Å². The summed E-state index contributed by atoms with van der Waals surface area (Å²) in [7, 11) is 0. The molecular weight excluding hydrogens is 244 g/mol. The molecule has 110 valence electrons. The highest BCUT2D eigenvalue weighted by Gasteiger charge is 2.36. The normalized spacial score (nSPS) is 14.8. The van der Waals surface area contributed by atoms with Crippen LogP contribution in [0.25, 0.3) is 0 Å². The van der Waals surface area contributed by atoms with E-state index in [1.54, 1.807) is 0 Å². The van der Waals surface area contributed by atoms with Crippen molar-refractivity contribution in [1.29, 1.82) is 0 Å². The van der Waals surface area contributed by atoms with Gasteiger partial charge in [0.1, 0.15) is 0 Å². The zero-order valence-electron chi connectivity index (χ0n) is 10.6. The fraction of sp³-hybridized carbons (Fsp3) is 1.00. The van der Waals surface area contributed by atoms with Crippen LogP contribution in [0.3, 0.4) is 0 Å². The number of ether oxygens (including phenoxy) is 1. The summed E-state index contributed by atoms with van der Waals surface area (Å²) in [6.45, 7) is -1.19. The molecular formula is C11H24O7. The lowest BCUT2D eigenvalue weighted by molar-refractivity contribution is -0.122. The van der Waals surface area contributed by atoms with Gasteiger partial charge in [-0.2, -0.15) is 0 Å². The molecule has 1 atom stereocenters. The van der Waals surface area contributed by atoms with Crippen molar-refractivity contribution >= 4 is 0 Å². The van der Waals surface area contributed by atoms with E-state index >= 15 is 0 Å². The second-order valence-electron chi connectivity index (χ2n) is 4.82. The molecule has 0 aromatic heterocycles. The number of rotatable bonds is 10. The predicted molar refractivity (Wildman–Crippen MR) is 62.8 cm³/mol. The topological polar surface area (TPSA) is 131 Å². The van der Waals surface area contributed by atoms with Crippen LogP contribution >= 0.6 is 0 Å². The minimum Gasteiger partial charge on any atom is -0.396 e. The van der Waals surface area contributed by atoms with E-state index in [9.17, 15) is 15.3 Å². The lowest BCUT2D eigenvalue weighted by atomic mass is 9.85. The minimum atomic E-state index is -1.20. The highest BCUT2D eigenvalue weighted by atomic mass is 16.5. The van der Waals surface area contributed by atoms with Gasteiger partial charge in [0, 0.05) is 0 Å². The Morgan fingerprint density at radius 2 is 1.28 bits per heavy atom. The largest absolute Gasteiger partial charge is 0.396 e. The van der Waals surface area contributed by atoms with Crippen LogP contribution in [0.2, 0.25) is 0 Å². The third-order valence-electron chi connectivity index (χ3n) is 3.32. The minimum absolute atomic E-state index is 0.148. The van der Waals surface area contributed by atoms with Crippen LogP contribution in [-0.4, -0.2) is 83.0 Å². The Balaban J connectivity index is 4.46. The third-order valence-corrected chi connectivity index (χ3v) is 3.32. The molecule has 0 fully saturated rings. The van der Waals surface area contributed by atoms with E-state index in [0.717, 1.165) is 0 Å². The smallest absolute Gasteiger partial charge is 0.0655 e. The average molecular weight is 268 g/mol. The Hall–Kier alpha value is -0.280. The van der Waals surface area contributed by atoms with Gasteiger partial charge in [-0.1, -0.05) is 0 Å². The molecule has 0 saturated heterocycles. The molecule has 1 unspecified atom stereocenters. The van der Waals surface area contributed by atoms with Gasteiger partial charge in [-0.3, -0.25) is 0 Å². The summed E-state index contributed by atoms with van der Waals surface area (Å²) in [4.78, 5) is 0. The van der Waals surface area contributed by atoms with E-state index in [2.05, 4.69) is 0 Å². The van der Waals surface area contributed by atoms with Crippen molar-refractivity contribution < 1.29 is 35.4 Å². The van der Waals surface area contributed by atoms with Crippen LogP contribution in [0.4, 0.5) is 0 Å². The van der Waals surface area contributed by atoms with Crippen molar-refractivity contribution in [2.45, 2.75) is 13.0 Å². The number of hydrogen-bond donors (Lipinski definition) is 6. The Labute approximate surface area is 106 Å². The van der Waals surface area contributed by atoms with Crippen molar-refractivity contribution in [2.24, 2.45) is 10.8 Å². The standard InChI is InChI=1S/C11H24O7/c1-9(17)11(5-15,6-16)8-18-7-10(2-12,3-13)4-14/h9,12-17H,2-8H2,1H3. The molecule has 0 aromatic rings. The first-order valence-electron chi connectivity index (χ1n) is 5.76. The maximum absolute atomic E-state index is 9.52.